The summed E-state index contributed by atoms with van der Waals surface area (Å²) in [6, 6.07) is 7.11. The second-order valence-corrected chi connectivity index (χ2v) is 7.71. The van der Waals surface area contributed by atoms with Crippen LogP contribution < -0.4 is 21.3 Å². The first-order valence-corrected chi connectivity index (χ1v) is 10.6. The van der Waals surface area contributed by atoms with E-state index >= 15 is 0 Å². The third-order valence-corrected chi connectivity index (χ3v) is 4.70. The second kappa shape index (κ2) is 9.63. The van der Waals surface area contributed by atoms with Crippen molar-refractivity contribution in [3.63, 3.8) is 0 Å². The Morgan fingerprint density at radius 3 is 2.35 bits per heavy atom. The molecule has 0 aliphatic rings. The molecule has 0 saturated carbocycles. The lowest BCUT2D eigenvalue weighted by Gasteiger charge is -2.09. The van der Waals surface area contributed by atoms with Crippen molar-refractivity contribution in [1.82, 2.24) is 24.4 Å². The molecule has 9 heteroatoms. The van der Waals surface area contributed by atoms with E-state index in [1.165, 1.54) is 4.57 Å². The number of benzene rings is 1. The summed E-state index contributed by atoms with van der Waals surface area (Å²) >= 11 is 0. The smallest absolute Gasteiger partial charge is 0.332 e. The summed E-state index contributed by atoms with van der Waals surface area (Å²) in [5, 5.41) is 2.77. The van der Waals surface area contributed by atoms with Gasteiger partial charge in [0.15, 0.2) is 12.3 Å². The standard InChI is InChI=1S/C22H29N5O4/c1-5-11-26-20-18(21(29)27(12-6-2)22(26)30)24-19(25-20)15-7-9-16(10-8-15)31-13-17(28)23-14(3)4/h7-10,14H,5-6,11-13H2,1-4H3,(H,23,28)(H,24,25). The zero-order chi connectivity index (χ0) is 22.5. The number of hydrogen-bond donors (Lipinski definition) is 2. The van der Waals surface area contributed by atoms with Crippen LogP contribution in [0.15, 0.2) is 33.9 Å². The van der Waals surface area contributed by atoms with Gasteiger partial charge in [-0.1, -0.05) is 13.8 Å². The van der Waals surface area contributed by atoms with Gasteiger partial charge in [-0.25, -0.2) is 9.78 Å². The highest BCUT2D eigenvalue weighted by atomic mass is 16.5. The molecule has 1 aromatic carbocycles. The molecule has 9 nitrogen and oxygen atoms in total. The molecule has 0 saturated heterocycles. The molecule has 2 heterocycles. The second-order valence-electron chi connectivity index (χ2n) is 7.71. The van der Waals surface area contributed by atoms with E-state index in [1.54, 1.807) is 28.8 Å². The number of rotatable bonds is 9. The van der Waals surface area contributed by atoms with Crippen LogP contribution in [-0.2, 0) is 17.9 Å². The maximum Gasteiger partial charge on any atom is 0.332 e. The lowest BCUT2D eigenvalue weighted by atomic mass is 10.2. The van der Waals surface area contributed by atoms with E-state index < -0.39 is 0 Å². The number of aromatic amines is 1. The summed E-state index contributed by atoms with van der Waals surface area (Å²) in [6.45, 7) is 8.45. The molecule has 3 aromatic rings. The van der Waals surface area contributed by atoms with Gasteiger partial charge in [0.2, 0.25) is 0 Å². The Labute approximate surface area is 180 Å². The fourth-order valence-electron chi connectivity index (χ4n) is 3.37. The molecule has 31 heavy (non-hydrogen) atoms. The number of aromatic nitrogens is 4. The topological polar surface area (TPSA) is 111 Å². The fraction of sp³-hybridized carbons (Fsp3) is 0.455. The molecule has 3 rings (SSSR count). The van der Waals surface area contributed by atoms with Crippen molar-refractivity contribution in [1.29, 1.82) is 0 Å². The number of amides is 1. The van der Waals surface area contributed by atoms with E-state index in [-0.39, 0.29) is 29.8 Å². The zero-order valence-corrected chi connectivity index (χ0v) is 18.4. The molecular formula is C22H29N5O4. The van der Waals surface area contributed by atoms with Gasteiger partial charge in [0.25, 0.3) is 11.5 Å². The van der Waals surface area contributed by atoms with Crippen molar-refractivity contribution in [2.75, 3.05) is 6.61 Å². The largest absolute Gasteiger partial charge is 0.484 e. The summed E-state index contributed by atoms with van der Waals surface area (Å²) in [5.74, 6) is 0.857. The first-order valence-electron chi connectivity index (χ1n) is 10.6. The van der Waals surface area contributed by atoms with Gasteiger partial charge in [-0.05, 0) is 51.0 Å². The number of fused-ring (bicyclic) bond motifs is 1. The lowest BCUT2D eigenvalue weighted by Crippen LogP contribution is -2.40. The van der Waals surface area contributed by atoms with Crippen LogP contribution in [0.4, 0.5) is 0 Å². The molecular weight excluding hydrogens is 398 g/mol. The molecule has 2 aromatic heterocycles. The van der Waals surface area contributed by atoms with E-state index in [0.29, 0.717) is 42.2 Å². The first kappa shape index (κ1) is 22.3. The van der Waals surface area contributed by atoms with Crippen molar-refractivity contribution in [3.05, 3.63) is 45.1 Å². The molecule has 0 spiro atoms. The minimum Gasteiger partial charge on any atom is -0.484 e. The van der Waals surface area contributed by atoms with Crippen LogP contribution >= 0.6 is 0 Å². The van der Waals surface area contributed by atoms with Crippen LogP contribution in [0.25, 0.3) is 22.6 Å². The third kappa shape index (κ3) is 4.87. The molecule has 1 amide bonds. The summed E-state index contributed by atoms with van der Waals surface area (Å²) in [6.07, 6.45) is 1.43. The molecule has 2 N–H and O–H groups in total. The van der Waals surface area contributed by atoms with E-state index in [1.807, 2.05) is 27.7 Å². The summed E-state index contributed by atoms with van der Waals surface area (Å²) in [4.78, 5) is 45.0. The van der Waals surface area contributed by atoms with Gasteiger partial charge in [-0.3, -0.25) is 18.7 Å². The SMILES string of the molecule is CCCn1c(=O)c2[nH]c(-c3ccc(OCC(=O)NC(C)C)cc3)nc2n(CCC)c1=O. The van der Waals surface area contributed by atoms with E-state index in [0.717, 1.165) is 12.0 Å². The lowest BCUT2D eigenvalue weighted by molar-refractivity contribution is -0.123. The maximum absolute atomic E-state index is 12.8. The fourth-order valence-corrected chi connectivity index (χ4v) is 3.37. The van der Waals surface area contributed by atoms with Gasteiger partial charge >= 0.3 is 5.69 Å². The van der Waals surface area contributed by atoms with Crippen LogP contribution in [0.1, 0.15) is 40.5 Å². The van der Waals surface area contributed by atoms with Crippen molar-refractivity contribution in [3.8, 4) is 17.1 Å². The number of imidazole rings is 1. The van der Waals surface area contributed by atoms with Gasteiger partial charge in [0.05, 0.1) is 0 Å². The third-order valence-electron chi connectivity index (χ3n) is 4.70. The first-order chi connectivity index (χ1) is 14.8. The molecule has 0 atom stereocenters. The van der Waals surface area contributed by atoms with Gasteiger partial charge in [0.1, 0.15) is 17.1 Å². The monoisotopic (exact) mass is 427 g/mol. The number of carbonyl (C=O) groups is 1. The van der Waals surface area contributed by atoms with Crippen LogP contribution in [0, 0.1) is 0 Å². The summed E-state index contributed by atoms with van der Waals surface area (Å²) in [5.41, 5.74) is 0.742. The van der Waals surface area contributed by atoms with E-state index in [9.17, 15) is 14.4 Å². The molecule has 0 aliphatic carbocycles. The maximum atomic E-state index is 12.8. The van der Waals surface area contributed by atoms with Crippen molar-refractivity contribution in [2.45, 2.75) is 59.7 Å². The van der Waals surface area contributed by atoms with Crippen LogP contribution in [0.2, 0.25) is 0 Å². The number of aryl methyl sites for hydroxylation is 1. The molecule has 0 radical (unpaired) electrons. The van der Waals surface area contributed by atoms with Crippen molar-refractivity contribution < 1.29 is 9.53 Å². The Kier molecular flexibility index (Phi) is 6.94. The van der Waals surface area contributed by atoms with Crippen LogP contribution in [0.3, 0.4) is 0 Å². The van der Waals surface area contributed by atoms with Gasteiger partial charge in [-0.15, -0.1) is 0 Å². The average molecular weight is 428 g/mol. The molecule has 0 unspecified atom stereocenters. The van der Waals surface area contributed by atoms with E-state index in [2.05, 4.69) is 15.3 Å². The van der Waals surface area contributed by atoms with Crippen LogP contribution in [0.5, 0.6) is 5.75 Å². The highest BCUT2D eigenvalue weighted by Crippen LogP contribution is 2.21. The minimum atomic E-state index is -0.357. The average Bonchev–Trinajstić information content (AvgIpc) is 3.18. The minimum absolute atomic E-state index is 0.0542. The highest BCUT2D eigenvalue weighted by Gasteiger charge is 2.17. The number of nitrogens with one attached hydrogen (secondary N) is 2. The molecule has 166 valence electrons. The number of H-pyrrole nitrogens is 1. The Morgan fingerprint density at radius 1 is 1.10 bits per heavy atom. The molecule has 0 fully saturated rings. The molecule has 0 bridgehead atoms. The Balaban J connectivity index is 1.92. The summed E-state index contributed by atoms with van der Waals surface area (Å²) in [7, 11) is 0. The summed E-state index contributed by atoms with van der Waals surface area (Å²) < 4.78 is 8.32. The molecule has 0 aliphatic heterocycles. The van der Waals surface area contributed by atoms with Crippen molar-refractivity contribution in [2.24, 2.45) is 0 Å². The van der Waals surface area contributed by atoms with Gasteiger partial charge in [-0.2, -0.15) is 0 Å². The van der Waals surface area contributed by atoms with Gasteiger partial charge in [0, 0.05) is 24.7 Å². The Hall–Kier alpha value is -3.36. The number of carbonyl (C=O) groups excluding carboxylic acids is 1. The number of ether oxygens (including phenoxy) is 1. The van der Waals surface area contributed by atoms with Gasteiger partial charge < -0.3 is 15.0 Å². The highest BCUT2D eigenvalue weighted by molar-refractivity contribution is 5.78. The normalized spacial score (nSPS) is 11.3. The van der Waals surface area contributed by atoms with Crippen molar-refractivity contribution >= 4 is 17.1 Å². The Morgan fingerprint density at radius 2 is 1.74 bits per heavy atom. The Bertz CT molecular complexity index is 1170. The van der Waals surface area contributed by atoms with Crippen LogP contribution in [-0.4, -0.2) is 37.7 Å². The number of nitrogens with zero attached hydrogens (tertiary/aromatic N) is 3. The number of hydrogen-bond acceptors (Lipinski definition) is 5. The van der Waals surface area contributed by atoms with E-state index in [4.69, 9.17) is 4.74 Å². The zero-order valence-electron chi connectivity index (χ0n) is 18.4. The predicted octanol–water partition coefficient (Wildman–Crippen LogP) is 2.28. The quantitative estimate of drug-likeness (QED) is 0.544. The predicted molar refractivity (Wildman–Crippen MR) is 119 cm³/mol.